The predicted octanol–water partition coefficient (Wildman–Crippen LogP) is 3.99. The molecule has 2 nitrogen and oxygen atoms in total. The summed E-state index contributed by atoms with van der Waals surface area (Å²) in [6.45, 7) is 8.16. The number of nitrogens with zero attached hydrogens (tertiary/aromatic N) is 2. The van der Waals surface area contributed by atoms with Crippen molar-refractivity contribution >= 4 is 5.69 Å². The van der Waals surface area contributed by atoms with Gasteiger partial charge in [-0.15, -0.1) is 0 Å². The third kappa shape index (κ3) is 1.80. The third-order valence-electron chi connectivity index (χ3n) is 4.31. The van der Waals surface area contributed by atoms with E-state index < -0.39 is 0 Å². The van der Waals surface area contributed by atoms with Crippen LogP contribution in [0.4, 0.5) is 5.69 Å². The third-order valence-corrected chi connectivity index (χ3v) is 4.31. The van der Waals surface area contributed by atoms with Gasteiger partial charge in [0.15, 0.2) is 6.54 Å². The predicted molar refractivity (Wildman–Crippen MR) is 68.6 cm³/mol. The van der Waals surface area contributed by atoms with Crippen molar-refractivity contribution in [2.45, 2.75) is 39.2 Å². The van der Waals surface area contributed by atoms with Crippen LogP contribution in [0.2, 0.25) is 0 Å². The molecule has 0 amide bonds. The van der Waals surface area contributed by atoms with Crippen molar-refractivity contribution in [2.75, 3.05) is 6.54 Å². The van der Waals surface area contributed by atoms with Crippen LogP contribution in [0.25, 0.3) is 0 Å². The minimum atomic E-state index is 0.166. The lowest BCUT2D eigenvalue weighted by Crippen LogP contribution is -2.24. The van der Waals surface area contributed by atoms with Gasteiger partial charge < -0.3 is 0 Å². The van der Waals surface area contributed by atoms with E-state index in [2.05, 4.69) is 55.8 Å². The fourth-order valence-corrected chi connectivity index (χ4v) is 3.74. The Morgan fingerprint density at radius 3 is 2.53 bits per heavy atom. The maximum Gasteiger partial charge on any atom is 0.231 e. The van der Waals surface area contributed by atoms with Crippen LogP contribution in [0.15, 0.2) is 35.4 Å². The largest absolute Gasteiger partial charge is 0.231 e. The Kier molecular flexibility index (Phi) is 2.19. The maximum atomic E-state index is 4.98. The molecule has 0 N–H and O–H groups in total. The number of para-hydroxylation sites is 1. The second-order valence-electron chi connectivity index (χ2n) is 6.62. The van der Waals surface area contributed by atoms with Gasteiger partial charge in [0.05, 0.1) is 5.92 Å². The summed E-state index contributed by atoms with van der Waals surface area (Å²) in [4.78, 5) is 0. The highest BCUT2D eigenvalue weighted by atomic mass is 15.3. The first-order chi connectivity index (χ1) is 7.99. The molecule has 0 radical (unpaired) electrons. The molecule has 1 fully saturated rings. The molecule has 0 spiro atoms. The topological polar surface area (TPSA) is 15.4 Å². The van der Waals surface area contributed by atoms with Crippen LogP contribution in [0.5, 0.6) is 0 Å². The summed E-state index contributed by atoms with van der Waals surface area (Å²) < 4.78 is 2.21. The van der Waals surface area contributed by atoms with Crippen LogP contribution in [0, 0.1) is 11.3 Å². The number of benzene rings is 1. The van der Waals surface area contributed by atoms with Gasteiger partial charge in [-0.3, -0.25) is 0 Å². The minimum Gasteiger partial charge on any atom is -0.0881 e. The Hall–Kier alpha value is -1.18. The van der Waals surface area contributed by atoms with Gasteiger partial charge in [-0.1, -0.05) is 36.7 Å². The average molecular weight is 229 g/mol. The van der Waals surface area contributed by atoms with Gasteiger partial charge in [-0.05, 0) is 30.3 Å². The number of hydrogen-bond donors (Lipinski definition) is 0. The van der Waals surface area contributed by atoms with Crippen molar-refractivity contribution in [3.05, 3.63) is 30.3 Å². The van der Waals surface area contributed by atoms with Gasteiger partial charge in [0, 0.05) is 12.1 Å². The Balaban J connectivity index is 1.92. The molecular formula is C15H21N2+. The second kappa shape index (κ2) is 3.41. The monoisotopic (exact) mass is 229 g/mol. The standard InChI is InChI=1S/C15H21N2/c1-14(2)9-12-10-17(16-15(12,3)11-14)13-7-5-4-6-8-13/h4-8,12H,9-11H2,1-3H3/q+1. The van der Waals surface area contributed by atoms with Gasteiger partial charge >= 0.3 is 0 Å². The van der Waals surface area contributed by atoms with Gasteiger partial charge in [-0.25, -0.2) is 0 Å². The Bertz CT molecular complexity index is 461. The average Bonchev–Trinajstić information content (AvgIpc) is 2.66. The minimum absolute atomic E-state index is 0.166. The highest BCUT2D eigenvalue weighted by Gasteiger charge is 2.56. The molecule has 3 rings (SSSR count). The quantitative estimate of drug-likeness (QED) is 0.647. The second-order valence-corrected chi connectivity index (χ2v) is 6.62. The first-order valence-corrected chi connectivity index (χ1v) is 6.54. The van der Waals surface area contributed by atoms with Crippen molar-refractivity contribution in [3.8, 4) is 0 Å². The molecule has 1 aromatic rings. The molecule has 0 bridgehead atoms. The van der Waals surface area contributed by atoms with Crippen LogP contribution in [-0.4, -0.2) is 16.8 Å². The highest BCUT2D eigenvalue weighted by Crippen LogP contribution is 2.52. The zero-order chi connectivity index (χ0) is 12.1. The lowest BCUT2D eigenvalue weighted by atomic mass is 9.89. The summed E-state index contributed by atoms with van der Waals surface area (Å²) in [7, 11) is 0. The molecule has 1 aliphatic heterocycles. The number of hydrogen-bond acceptors (Lipinski definition) is 1. The van der Waals surface area contributed by atoms with Crippen molar-refractivity contribution in [1.29, 1.82) is 0 Å². The molecule has 2 heteroatoms. The van der Waals surface area contributed by atoms with Crippen molar-refractivity contribution < 1.29 is 4.70 Å². The van der Waals surface area contributed by atoms with Gasteiger partial charge in [0.1, 0.15) is 5.54 Å². The molecule has 2 aliphatic rings. The molecule has 0 saturated heterocycles. The van der Waals surface area contributed by atoms with E-state index in [-0.39, 0.29) is 5.54 Å². The van der Waals surface area contributed by atoms with E-state index in [1.807, 2.05) is 0 Å². The van der Waals surface area contributed by atoms with Gasteiger partial charge in [-0.2, -0.15) is 0 Å². The van der Waals surface area contributed by atoms with Gasteiger partial charge in [0.25, 0.3) is 0 Å². The van der Waals surface area contributed by atoms with E-state index in [1.54, 1.807) is 0 Å². The first kappa shape index (κ1) is 10.9. The van der Waals surface area contributed by atoms with E-state index in [0.29, 0.717) is 5.41 Å². The molecule has 90 valence electrons. The molecule has 17 heavy (non-hydrogen) atoms. The van der Waals surface area contributed by atoms with Crippen LogP contribution in [0.1, 0.15) is 33.6 Å². The molecule has 2 unspecified atom stereocenters. The molecular weight excluding hydrogens is 208 g/mol. The smallest absolute Gasteiger partial charge is 0.0881 e. The summed E-state index contributed by atoms with van der Waals surface area (Å²) in [5.41, 5.74) is 1.87. The van der Waals surface area contributed by atoms with Crippen LogP contribution < -0.4 is 0 Å². The lowest BCUT2D eigenvalue weighted by molar-refractivity contribution is -0.504. The van der Waals surface area contributed by atoms with Crippen LogP contribution in [-0.2, 0) is 0 Å². The highest BCUT2D eigenvalue weighted by molar-refractivity contribution is 5.28. The van der Waals surface area contributed by atoms with E-state index in [1.165, 1.54) is 18.5 Å². The molecule has 0 aromatic heterocycles. The SMILES string of the molecule is CC1(C)CC2C[N+](c3ccccc3)=NC2(C)C1. The lowest BCUT2D eigenvalue weighted by Gasteiger charge is -2.18. The van der Waals surface area contributed by atoms with Crippen LogP contribution >= 0.6 is 0 Å². The summed E-state index contributed by atoms with van der Waals surface area (Å²) in [6.07, 6.45) is 2.52. The Labute approximate surface area is 103 Å². The summed E-state index contributed by atoms with van der Waals surface area (Å²) in [6, 6.07) is 10.5. The number of azo groups is 2. The fourth-order valence-electron chi connectivity index (χ4n) is 3.74. The fraction of sp³-hybridized carbons (Fsp3) is 0.600. The maximum absolute atomic E-state index is 4.98. The summed E-state index contributed by atoms with van der Waals surface area (Å²) in [5.74, 6) is 0.720. The van der Waals surface area contributed by atoms with Crippen LogP contribution in [0.3, 0.4) is 0 Å². The zero-order valence-corrected chi connectivity index (χ0v) is 11.0. The van der Waals surface area contributed by atoms with Gasteiger partial charge in [0.2, 0.25) is 5.69 Å². The molecule has 1 aromatic carbocycles. The Morgan fingerprint density at radius 2 is 1.88 bits per heavy atom. The summed E-state index contributed by atoms with van der Waals surface area (Å²) in [5, 5.41) is 4.98. The Morgan fingerprint density at radius 1 is 1.18 bits per heavy atom. The number of fused-ring (bicyclic) bond motifs is 1. The van der Waals surface area contributed by atoms with E-state index in [0.717, 1.165) is 12.5 Å². The normalized spacial score (nSPS) is 34.5. The number of rotatable bonds is 1. The molecule has 1 heterocycles. The van der Waals surface area contributed by atoms with E-state index >= 15 is 0 Å². The zero-order valence-electron chi connectivity index (χ0n) is 11.0. The van der Waals surface area contributed by atoms with Crippen molar-refractivity contribution in [2.24, 2.45) is 16.4 Å². The van der Waals surface area contributed by atoms with Crippen molar-refractivity contribution in [3.63, 3.8) is 0 Å². The molecule has 1 aliphatic carbocycles. The molecule has 2 atom stereocenters. The van der Waals surface area contributed by atoms with E-state index in [4.69, 9.17) is 5.11 Å². The van der Waals surface area contributed by atoms with Crippen molar-refractivity contribution in [1.82, 2.24) is 0 Å². The summed E-state index contributed by atoms with van der Waals surface area (Å²) >= 11 is 0. The van der Waals surface area contributed by atoms with E-state index in [9.17, 15) is 0 Å². The molecule has 1 saturated carbocycles. The first-order valence-electron chi connectivity index (χ1n) is 6.54.